The van der Waals surface area contributed by atoms with Crippen LogP contribution in [0.1, 0.15) is 40.5 Å². The van der Waals surface area contributed by atoms with Gasteiger partial charge in [0, 0.05) is 38.1 Å². The number of alkyl halides is 2. The Morgan fingerprint density at radius 2 is 1.94 bits per heavy atom. The van der Waals surface area contributed by atoms with Gasteiger partial charge in [0.2, 0.25) is 5.91 Å². The number of carbonyl (C=O) groups is 2. The number of rotatable bonds is 4. The second-order valence-corrected chi connectivity index (χ2v) is 9.56. The minimum absolute atomic E-state index is 0.166. The minimum atomic E-state index is -2.79. The lowest BCUT2D eigenvalue weighted by molar-refractivity contribution is -0.143. The topological polar surface area (TPSA) is 87.9 Å². The standard InChI is InChI=1S/C23H28F2N4O4/c1-14-11-28(21(31)33-18-8-23(24,25)9-18)20-7-16(5-6-19(20)29(14)15(2)30)17-10-26-27(12-17)13-22(3,4)32/h5-7,10,12,14,18,32H,8-9,11,13H2,1-4H3/t14-/m0/s1. The van der Waals surface area contributed by atoms with E-state index in [1.165, 1.54) is 11.8 Å². The van der Waals surface area contributed by atoms with Gasteiger partial charge in [-0.3, -0.25) is 14.4 Å². The maximum absolute atomic E-state index is 13.2. The molecule has 33 heavy (non-hydrogen) atoms. The molecule has 0 spiro atoms. The first-order chi connectivity index (χ1) is 15.3. The molecular weight excluding hydrogens is 434 g/mol. The Morgan fingerprint density at radius 1 is 1.24 bits per heavy atom. The van der Waals surface area contributed by atoms with Crippen molar-refractivity contribution in [1.29, 1.82) is 0 Å². The maximum atomic E-state index is 13.2. The van der Waals surface area contributed by atoms with Gasteiger partial charge in [0.1, 0.15) is 6.10 Å². The second-order valence-electron chi connectivity index (χ2n) is 9.56. The van der Waals surface area contributed by atoms with E-state index in [-0.39, 0.29) is 18.5 Å². The van der Waals surface area contributed by atoms with Crippen LogP contribution in [-0.2, 0) is 16.1 Å². The zero-order valence-electron chi connectivity index (χ0n) is 19.1. The Kier molecular flexibility index (Phi) is 5.68. The van der Waals surface area contributed by atoms with Crippen LogP contribution in [-0.4, -0.2) is 57.1 Å². The lowest BCUT2D eigenvalue weighted by atomic mass is 9.91. The molecule has 1 saturated carbocycles. The summed E-state index contributed by atoms with van der Waals surface area (Å²) in [6.45, 7) is 7.13. The van der Waals surface area contributed by atoms with Crippen LogP contribution in [0.3, 0.4) is 0 Å². The molecule has 0 bridgehead atoms. The predicted octanol–water partition coefficient (Wildman–Crippen LogP) is 3.82. The van der Waals surface area contributed by atoms with Crippen LogP contribution in [0.15, 0.2) is 30.6 Å². The molecule has 178 valence electrons. The normalized spacial score (nSPS) is 20.3. The van der Waals surface area contributed by atoms with Crippen molar-refractivity contribution in [2.45, 2.75) is 70.8 Å². The van der Waals surface area contributed by atoms with Gasteiger partial charge >= 0.3 is 6.09 Å². The van der Waals surface area contributed by atoms with Gasteiger partial charge in [-0.2, -0.15) is 5.10 Å². The largest absolute Gasteiger partial charge is 0.445 e. The number of hydrogen-bond donors (Lipinski definition) is 1. The van der Waals surface area contributed by atoms with Gasteiger partial charge in [-0.1, -0.05) is 6.07 Å². The van der Waals surface area contributed by atoms with Crippen molar-refractivity contribution in [3.63, 3.8) is 0 Å². The predicted molar refractivity (Wildman–Crippen MR) is 118 cm³/mol. The molecule has 2 amide bonds. The molecule has 1 fully saturated rings. The first-order valence-corrected chi connectivity index (χ1v) is 10.9. The van der Waals surface area contributed by atoms with Crippen LogP contribution < -0.4 is 9.80 Å². The summed E-state index contributed by atoms with van der Waals surface area (Å²) in [7, 11) is 0. The van der Waals surface area contributed by atoms with E-state index in [2.05, 4.69) is 5.10 Å². The molecule has 8 nitrogen and oxygen atoms in total. The van der Waals surface area contributed by atoms with Gasteiger partial charge in [-0.25, -0.2) is 13.6 Å². The van der Waals surface area contributed by atoms with E-state index in [0.29, 0.717) is 17.9 Å². The summed E-state index contributed by atoms with van der Waals surface area (Å²) in [6.07, 6.45) is 0.958. The number of carbonyl (C=O) groups excluding carboxylic acids is 2. The molecule has 2 heterocycles. The minimum Gasteiger partial charge on any atom is -0.445 e. The molecule has 10 heteroatoms. The Balaban J connectivity index is 1.66. The smallest absolute Gasteiger partial charge is 0.414 e. The fourth-order valence-corrected chi connectivity index (χ4v) is 4.35. The van der Waals surface area contributed by atoms with E-state index in [9.17, 15) is 23.5 Å². The molecule has 2 aromatic rings. The van der Waals surface area contributed by atoms with E-state index in [4.69, 9.17) is 4.74 Å². The quantitative estimate of drug-likeness (QED) is 0.747. The molecule has 0 unspecified atom stereocenters. The molecule has 1 N–H and O–H groups in total. The monoisotopic (exact) mass is 462 g/mol. The average Bonchev–Trinajstić information content (AvgIpc) is 3.11. The number of amides is 2. The first-order valence-electron chi connectivity index (χ1n) is 10.9. The van der Waals surface area contributed by atoms with Gasteiger partial charge in [-0.15, -0.1) is 0 Å². The van der Waals surface area contributed by atoms with E-state index < -0.39 is 36.6 Å². The molecule has 1 atom stereocenters. The van der Waals surface area contributed by atoms with Crippen molar-refractivity contribution in [2.24, 2.45) is 0 Å². The summed E-state index contributed by atoms with van der Waals surface area (Å²) in [5, 5.41) is 14.3. The van der Waals surface area contributed by atoms with E-state index in [1.807, 2.05) is 13.0 Å². The number of fused-ring (bicyclic) bond motifs is 1. The number of anilines is 2. The van der Waals surface area contributed by atoms with E-state index in [0.717, 1.165) is 11.1 Å². The van der Waals surface area contributed by atoms with Gasteiger partial charge in [-0.05, 0) is 38.5 Å². The zero-order chi connectivity index (χ0) is 24.1. The van der Waals surface area contributed by atoms with Gasteiger partial charge < -0.3 is 14.7 Å². The highest BCUT2D eigenvalue weighted by Gasteiger charge is 2.48. The Labute approximate surface area is 190 Å². The van der Waals surface area contributed by atoms with E-state index in [1.54, 1.807) is 48.0 Å². The van der Waals surface area contributed by atoms with Crippen LogP contribution >= 0.6 is 0 Å². The lowest BCUT2D eigenvalue weighted by Crippen LogP contribution is -2.53. The third-order valence-electron chi connectivity index (χ3n) is 5.81. The first kappa shape index (κ1) is 23.2. The summed E-state index contributed by atoms with van der Waals surface area (Å²) in [4.78, 5) is 28.2. The van der Waals surface area contributed by atoms with E-state index >= 15 is 0 Å². The summed E-state index contributed by atoms with van der Waals surface area (Å²) >= 11 is 0. The van der Waals surface area contributed by atoms with Crippen LogP contribution in [0.5, 0.6) is 0 Å². The highest BCUT2D eigenvalue weighted by atomic mass is 19.3. The summed E-state index contributed by atoms with van der Waals surface area (Å²) < 4.78 is 33.3. The van der Waals surface area contributed by atoms with Crippen molar-refractivity contribution in [3.05, 3.63) is 30.6 Å². The van der Waals surface area contributed by atoms with Crippen molar-refractivity contribution in [2.75, 3.05) is 16.3 Å². The summed E-state index contributed by atoms with van der Waals surface area (Å²) in [5.74, 6) is -2.96. The van der Waals surface area contributed by atoms with Gasteiger partial charge in [0.25, 0.3) is 5.92 Å². The number of aliphatic hydroxyl groups is 1. The Morgan fingerprint density at radius 3 is 2.55 bits per heavy atom. The van der Waals surface area contributed by atoms with Crippen LogP contribution in [0.25, 0.3) is 11.1 Å². The van der Waals surface area contributed by atoms with Crippen molar-refractivity contribution in [1.82, 2.24) is 9.78 Å². The highest BCUT2D eigenvalue weighted by Crippen LogP contribution is 2.42. The molecule has 4 rings (SSSR count). The van der Waals surface area contributed by atoms with Crippen LogP contribution in [0.4, 0.5) is 25.0 Å². The van der Waals surface area contributed by atoms with Crippen LogP contribution in [0.2, 0.25) is 0 Å². The number of aromatic nitrogens is 2. The number of hydrogen-bond acceptors (Lipinski definition) is 5. The maximum Gasteiger partial charge on any atom is 0.414 e. The zero-order valence-corrected chi connectivity index (χ0v) is 19.1. The number of halogens is 2. The molecule has 0 saturated heterocycles. The van der Waals surface area contributed by atoms with Gasteiger partial charge in [0.05, 0.1) is 35.8 Å². The lowest BCUT2D eigenvalue weighted by Gasteiger charge is -2.42. The molecule has 0 radical (unpaired) electrons. The van der Waals surface area contributed by atoms with Crippen molar-refractivity contribution < 1.29 is 28.2 Å². The number of nitrogens with zero attached hydrogens (tertiary/aromatic N) is 4. The summed E-state index contributed by atoms with van der Waals surface area (Å²) in [6, 6.07) is 5.03. The third kappa shape index (κ3) is 4.85. The summed E-state index contributed by atoms with van der Waals surface area (Å²) in [5.41, 5.74) is 1.59. The fourth-order valence-electron chi connectivity index (χ4n) is 4.35. The molecule has 1 aliphatic heterocycles. The fraction of sp³-hybridized carbons (Fsp3) is 0.522. The molecule has 1 aromatic heterocycles. The van der Waals surface area contributed by atoms with Crippen molar-refractivity contribution in [3.8, 4) is 11.1 Å². The molecule has 1 aliphatic carbocycles. The molecular formula is C23H28F2N4O4. The molecule has 2 aliphatic rings. The van der Waals surface area contributed by atoms with Gasteiger partial charge in [0.15, 0.2) is 0 Å². The Hall–Kier alpha value is -3.01. The number of benzene rings is 1. The highest BCUT2D eigenvalue weighted by molar-refractivity contribution is 6.03. The second kappa shape index (κ2) is 8.09. The number of ether oxygens (including phenoxy) is 1. The Bertz CT molecular complexity index is 1070. The van der Waals surface area contributed by atoms with Crippen LogP contribution in [0, 0.1) is 0 Å². The molecule has 1 aromatic carbocycles. The van der Waals surface area contributed by atoms with Crippen molar-refractivity contribution >= 4 is 23.4 Å². The third-order valence-corrected chi connectivity index (χ3v) is 5.81. The average molecular weight is 462 g/mol. The SMILES string of the molecule is CC(=O)N1c2ccc(-c3cnn(CC(C)(C)O)c3)cc2N(C(=O)OC2CC(F)(F)C2)C[C@@H]1C.